The lowest BCUT2D eigenvalue weighted by Gasteiger charge is -2.17. The number of hydrogen-bond donors (Lipinski definition) is 3. The second kappa shape index (κ2) is 7.59. The second-order valence-electron chi connectivity index (χ2n) is 7.36. The first-order chi connectivity index (χ1) is 15.1. The summed E-state index contributed by atoms with van der Waals surface area (Å²) in [5, 5.41) is 6.81. The Morgan fingerprint density at radius 3 is 2.90 bits per heavy atom. The summed E-state index contributed by atoms with van der Waals surface area (Å²) in [6.45, 7) is 2.53. The van der Waals surface area contributed by atoms with Crippen LogP contribution in [0, 0.1) is 6.92 Å². The summed E-state index contributed by atoms with van der Waals surface area (Å²) in [4.78, 5) is 25.5. The number of carbonyl (C=O) groups is 1. The summed E-state index contributed by atoms with van der Waals surface area (Å²) in [6, 6.07) is 11.2. The van der Waals surface area contributed by atoms with E-state index in [-0.39, 0.29) is 5.91 Å². The second-order valence-corrected chi connectivity index (χ2v) is 7.77. The number of amides is 1. The third-order valence-corrected chi connectivity index (χ3v) is 5.69. The number of aryl methyl sites for hydroxylation is 1. The minimum atomic E-state index is -0.130. The third kappa shape index (κ3) is 3.27. The van der Waals surface area contributed by atoms with Crippen molar-refractivity contribution >= 4 is 39.9 Å². The highest BCUT2D eigenvalue weighted by atomic mass is 35.5. The molecule has 3 N–H and O–H groups in total. The number of halogens is 1. The van der Waals surface area contributed by atoms with Crippen molar-refractivity contribution in [2.75, 3.05) is 19.0 Å². The molecule has 31 heavy (non-hydrogen) atoms. The van der Waals surface area contributed by atoms with Gasteiger partial charge in [0.25, 0.3) is 5.91 Å². The van der Waals surface area contributed by atoms with E-state index in [0.717, 1.165) is 33.7 Å². The van der Waals surface area contributed by atoms with Crippen LogP contribution in [-0.4, -0.2) is 34.5 Å². The maximum atomic E-state index is 12.8. The van der Waals surface area contributed by atoms with E-state index in [1.165, 1.54) is 0 Å². The van der Waals surface area contributed by atoms with Crippen LogP contribution in [0.3, 0.4) is 0 Å². The van der Waals surface area contributed by atoms with Gasteiger partial charge in [-0.15, -0.1) is 0 Å². The number of aromatic nitrogens is 3. The van der Waals surface area contributed by atoms with E-state index in [9.17, 15) is 4.79 Å². The van der Waals surface area contributed by atoms with Gasteiger partial charge in [-0.3, -0.25) is 14.8 Å². The number of H-pyrrole nitrogens is 1. The number of ether oxygens (including phenoxy) is 1. The number of pyridine rings is 2. The van der Waals surface area contributed by atoms with E-state index in [1.54, 1.807) is 19.4 Å². The van der Waals surface area contributed by atoms with Crippen LogP contribution in [0.25, 0.3) is 22.3 Å². The predicted molar refractivity (Wildman–Crippen MR) is 121 cm³/mol. The van der Waals surface area contributed by atoms with E-state index in [0.29, 0.717) is 40.7 Å². The molecule has 8 heteroatoms. The van der Waals surface area contributed by atoms with Crippen molar-refractivity contribution in [3.05, 3.63) is 64.6 Å². The minimum absolute atomic E-state index is 0.130. The molecule has 1 aliphatic heterocycles. The van der Waals surface area contributed by atoms with Crippen molar-refractivity contribution in [2.45, 2.75) is 13.3 Å². The quantitative estimate of drug-likeness (QED) is 0.436. The van der Waals surface area contributed by atoms with Gasteiger partial charge >= 0.3 is 0 Å². The van der Waals surface area contributed by atoms with E-state index < -0.39 is 0 Å². The normalized spacial score (nSPS) is 13.1. The van der Waals surface area contributed by atoms with Crippen LogP contribution in [-0.2, 0) is 6.42 Å². The molecule has 0 unspecified atom stereocenters. The van der Waals surface area contributed by atoms with Crippen LogP contribution in [0.1, 0.15) is 21.7 Å². The summed E-state index contributed by atoms with van der Waals surface area (Å²) in [6.07, 6.45) is 2.45. The molecule has 1 aliphatic rings. The van der Waals surface area contributed by atoms with Gasteiger partial charge in [0.05, 0.1) is 45.8 Å². The number of hydrogen-bond acceptors (Lipinski definition) is 5. The molecule has 7 nitrogen and oxygen atoms in total. The first-order valence-corrected chi connectivity index (χ1v) is 10.3. The first kappa shape index (κ1) is 19.4. The number of methoxy groups -OCH3 is 1. The Kier molecular flexibility index (Phi) is 4.75. The Morgan fingerprint density at radius 2 is 2.06 bits per heavy atom. The topological polar surface area (TPSA) is 91.9 Å². The summed E-state index contributed by atoms with van der Waals surface area (Å²) in [7, 11) is 1.57. The molecular weight excluding hydrogens is 414 g/mol. The lowest BCUT2D eigenvalue weighted by atomic mass is 10.0. The fourth-order valence-corrected chi connectivity index (χ4v) is 4.23. The van der Waals surface area contributed by atoms with Crippen molar-refractivity contribution < 1.29 is 9.53 Å². The number of nitrogens with one attached hydrogen (secondary N) is 3. The first-order valence-electron chi connectivity index (χ1n) is 9.92. The van der Waals surface area contributed by atoms with Gasteiger partial charge in [0.1, 0.15) is 0 Å². The minimum Gasteiger partial charge on any atom is -0.493 e. The van der Waals surface area contributed by atoms with Crippen LogP contribution < -0.4 is 15.4 Å². The zero-order chi connectivity index (χ0) is 21.5. The standard InChI is InChI=1S/C23H20ClN5O2/c1-12-6-7-16-19(27-12)13(8-10-25-16)20-21(18-15(28-20)9-11-26-23(18)30)29-17-5-3-4-14(24)22(17)31-2/h3-8,10,28-29H,9,11H2,1-2H3,(H,26,30). The summed E-state index contributed by atoms with van der Waals surface area (Å²) in [5.41, 5.74) is 6.85. The number of benzene rings is 1. The highest BCUT2D eigenvalue weighted by Gasteiger charge is 2.28. The third-order valence-electron chi connectivity index (χ3n) is 5.39. The SMILES string of the molecule is COc1c(Cl)cccc1Nc1c(-c2ccnc3ccc(C)nc23)[nH]c2c1C(=O)NCC2. The highest BCUT2D eigenvalue weighted by Crippen LogP contribution is 2.41. The van der Waals surface area contributed by atoms with Gasteiger partial charge < -0.3 is 20.4 Å². The number of rotatable bonds is 4. The largest absolute Gasteiger partial charge is 0.493 e. The molecule has 0 radical (unpaired) electrons. The summed E-state index contributed by atoms with van der Waals surface area (Å²) >= 11 is 6.32. The Morgan fingerprint density at radius 1 is 1.19 bits per heavy atom. The van der Waals surface area contributed by atoms with Crippen molar-refractivity contribution in [3.63, 3.8) is 0 Å². The number of fused-ring (bicyclic) bond motifs is 2. The average molecular weight is 434 g/mol. The Hall–Kier alpha value is -3.58. The van der Waals surface area contributed by atoms with Gasteiger partial charge in [-0.05, 0) is 37.3 Å². The summed E-state index contributed by atoms with van der Waals surface area (Å²) < 4.78 is 5.50. The molecule has 0 fully saturated rings. The zero-order valence-electron chi connectivity index (χ0n) is 17.0. The van der Waals surface area contributed by atoms with Gasteiger partial charge in [0.2, 0.25) is 0 Å². The molecule has 0 bridgehead atoms. The van der Waals surface area contributed by atoms with Crippen LogP contribution in [0.5, 0.6) is 5.75 Å². The number of para-hydroxylation sites is 1. The maximum Gasteiger partial charge on any atom is 0.255 e. The van der Waals surface area contributed by atoms with E-state index in [4.69, 9.17) is 21.3 Å². The smallest absolute Gasteiger partial charge is 0.255 e. The molecule has 5 rings (SSSR count). The number of nitrogens with zero attached hydrogens (tertiary/aromatic N) is 2. The van der Waals surface area contributed by atoms with E-state index in [1.807, 2.05) is 37.3 Å². The summed E-state index contributed by atoms with van der Waals surface area (Å²) in [5.74, 6) is 0.379. The van der Waals surface area contributed by atoms with Gasteiger partial charge in [-0.25, -0.2) is 0 Å². The maximum absolute atomic E-state index is 12.8. The van der Waals surface area contributed by atoms with E-state index >= 15 is 0 Å². The molecule has 0 saturated heterocycles. The highest BCUT2D eigenvalue weighted by molar-refractivity contribution is 6.32. The average Bonchev–Trinajstić information content (AvgIpc) is 3.13. The lowest BCUT2D eigenvalue weighted by molar-refractivity contribution is 0.0947. The van der Waals surface area contributed by atoms with Crippen molar-refractivity contribution in [1.29, 1.82) is 0 Å². The van der Waals surface area contributed by atoms with Crippen LogP contribution >= 0.6 is 11.6 Å². The lowest BCUT2D eigenvalue weighted by Crippen LogP contribution is -2.31. The van der Waals surface area contributed by atoms with Gasteiger partial charge in [0.15, 0.2) is 5.75 Å². The van der Waals surface area contributed by atoms with Crippen molar-refractivity contribution in [2.24, 2.45) is 0 Å². The Labute approximate surface area is 183 Å². The van der Waals surface area contributed by atoms with Gasteiger partial charge in [-0.1, -0.05) is 17.7 Å². The van der Waals surface area contributed by atoms with Gasteiger partial charge in [0, 0.05) is 36.1 Å². The van der Waals surface area contributed by atoms with Crippen LogP contribution in [0.2, 0.25) is 5.02 Å². The molecule has 1 aromatic carbocycles. The molecule has 0 atom stereocenters. The molecule has 0 aliphatic carbocycles. The number of carbonyl (C=O) groups excluding carboxylic acids is 1. The monoisotopic (exact) mass is 433 g/mol. The van der Waals surface area contributed by atoms with Crippen molar-refractivity contribution in [3.8, 4) is 17.0 Å². The Balaban J connectivity index is 1.76. The van der Waals surface area contributed by atoms with Crippen LogP contribution in [0.4, 0.5) is 11.4 Å². The molecule has 0 saturated carbocycles. The van der Waals surface area contributed by atoms with E-state index in [2.05, 4.69) is 20.6 Å². The van der Waals surface area contributed by atoms with Crippen molar-refractivity contribution in [1.82, 2.24) is 20.3 Å². The molecule has 0 spiro atoms. The fourth-order valence-electron chi connectivity index (χ4n) is 3.98. The molecule has 156 valence electrons. The fraction of sp³-hybridized carbons (Fsp3) is 0.174. The van der Waals surface area contributed by atoms with Crippen LogP contribution in [0.15, 0.2) is 42.6 Å². The molecule has 4 heterocycles. The van der Waals surface area contributed by atoms with Gasteiger partial charge in [-0.2, -0.15) is 0 Å². The predicted octanol–water partition coefficient (Wildman–Crippen LogP) is 4.62. The molecule has 4 aromatic rings. The molecule has 3 aromatic heterocycles. The number of aromatic amines is 1. The molecule has 1 amide bonds. The molecular formula is C23H20ClN5O2. The zero-order valence-corrected chi connectivity index (χ0v) is 17.8. The number of anilines is 2. The Bertz CT molecular complexity index is 1330.